The zero-order valence-electron chi connectivity index (χ0n) is 18.8. The smallest absolute Gasteiger partial charge is 0.264 e. The Hall–Kier alpha value is -3.03. The molecule has 1 N–H and O–H groups in total. The third kappa shape index (κ3) is 5.86. The van der Waals surface area contributed by atoms with Gasteiger partial charge in [-0.15, -0.1) is 0 Å². The monoisotopic (exact) mass is 486 g/mol. The summed E-state index contributed by atoms with van der Waals surface area (Å²) in [7, 11) is -2.40. The fourth-order valence-electron chi connectivity index (χ4n) is 3.55. The van der Waals surface area contributed by atoms with Crippen LogP contribution in [0.4, 0.5) is 5.69 Å². The fraction of sp³-hybridized carbons (Fsp3) is 0.240. The molecule has 174 valence electrons. The molecule has 0 fully saturated rings. The molecule has 0 radical (unpaired) electrons. The molecule has 0 aliphatic rings. The minimum absolute atomic E-state index is 0.106. The van der Waals surface area contributed by atoms with E-state index < -0.39 is 15.9 Å². The lowest BCUT2D eigenvalue weighted by molar-refractivity contribution is -0.120. The molecule has 0 bridgehead atoms. The highest BCUT2D eigenvalue weighted by Gasteiger charge is 2.29. The number of hydrogen-bond acceptors (Lipinski definition) is 4. The number of hydrogen-bond donors (Lipinski definition) is 1. The number of amides is 1. The Bertz CT molecular complexity index is 1200. The Morgan fingerprint density at radius 1 is 1.06 bits per heavy atom. The van der Waals surface area contributed by atoms with Gasteiger partial charge >= 0.3 is 0 Å². The average Bonchev–Trinajstić information content (AvgIpc) is 2.82. The van der Waals surface area contributed by atoms with Gasteiger partial charge in [-0.2, -0.15) is 0 Å². The van der Waals surface area contributed by atoms with Crippen molar-refractivity contribution in [2.75, 3.05) is 18.0 Å². The Kier molecular flexibility index (Phi) is 8.00. The summed E-state index contributed by atoms with van der Waals surface area (Å²) >= 11 is 6.08. The van der Waals surface area contributed by atoms with Crippen LogP contribution in [0.25, 0.3) is 0 Å². The number of methoxy groups -OCH3 is 1. The lowest BCUT2D eigenvalue weighted by Gasteiger charge is -2.27. The van der Waals surface area contributed by atoms with Gasteiger partial charge in [0.15, 0.2) is 0 Å². The Morgan fingerprint density at radius 3 is 2.30 bits per heavy atom. The largest absolute Gasteiger partial charge is 0.497 e. The molecule has 3 aromatic carbocycles. The van der Waals surface area contributed by atoms with Gasteiger partial charge in [0.25, 0.3) is 10.0 Å². The summed E-state index contributed by atoms with van der Waals surface area (Å²) in [5, 5.41) is 3.45. The minimum Gasteiger partial charge on any atom is -0.497 e. The SMILES string of the molecule is CC[C@H](NC(=O)CN(c1ccc(Cl)cc1C)S(=O)(=O)c1ccccc1)c1ccc(OC)cc1. The highest BCUT2D eigenvalue weighted by Crippen LogP contribution is 2.29. The normalized spacial score (nSPS) is 12.1. The molecule has 0 aromatic heterocycles. The van der Waals surface area contributed by atoms with E-state index in [9.17, 15) is 13.2 Å². The molecule has 3 aromatic rings. The van der Waals surface area contributed by atoms with Crippen LogP contribution in [0.15, 0.2) is 77.7 Å². The Labute approximate surface area is 200 Å². The van der Waals surface area contributed by atoms with Crippen molar-refractivity contribution in [3.8, 4) is 5.75 Å². The first-order valence-corrected chi connectivity index (χ1v) is 12.3. The quantitative estimate of drug-likeness (QED) is 0.455. The standard InChI is InChI=1S/C25H27ClN2O4S/c1-4-23(19-10-13-21(32-3)14-11-19)27-25(29)17-28(24-15-12-20(26)16-18(24)2)33(30,31)22-8-6-5-7-9-22/h5-16,23H,4,17H2,1-3H3,(H,27,29)/t23-/m0/s1. The van der Waals surface area contributed by atoms with Crippen LogP contribution < -0.4 is 14.4 Å². The van der Waals surface area contributed by atoms with Crippen LogP contribution >= 0.6 is 11.6 Å². The second-order valence-electron chi connectivity index (χ2n) is 7.56. The van der Waals surface area contributed by atoms with Crippen molar-refractivity contribution in [1.29, 1.82) is 0 Å². The molecule has 8 heteroatoms. The topological polar surface area (TPSA) is 75.7 Å². The predicted molar refractivity (Wildman–Crippen MR) is 131 cm³/mol. The first kappa shape index (κ1) is 24.6. The molecule has 0 heterocycles. The van der Waals surface area contributed by atoms with E-state index in [1.807, 2.05) is 31.2 Å². The van der Waals surface area contributed by atoms with E-state index in [0.717, 1.165) is 15.6 Å². The lowest BCUT2D eigenvalue weighted by Crippen LogP contribution is -2.42. The maximum Gasteiger partial charge on any atom is 0.264 e. The van der Waals surface area contributed by atoms with Crippen LogP contribution in [-0.4, -0.2) is 28.0 Å². The van der Waals surface area contributed by atoms with E-state index in [1.165, 1.54) is 12.1 Å². The molecule has 0 aliphatic heterocycles. The second kappa shape index (κ2) is 10.7. The van der Waals surface area contributed by atoms with Crippen LogP contribution in [0.3, 0.4) is 0 Å². The Morgan fingerprint density at radius 2 is 1.73 bits per heavy atom. The molecule has 0 saturated carbocycles. The van der Waals surface area contributed by atoms with Crippen molar-refractivity contribution in [1.82, 2.24) is 5.32 Å². The molecule has 6 nitrogen and oxygen atoms in total. The van der Waals surface area contributed by atoms with Crippen molar-refractivity contribution in [2.45, 2.75) is 31.2 Å². The van der Waals surface area contributed by atoms with Crippen molar-refractivity contribution in [3.05, 3.63) is 88.9 Å². The van der Waals surface area contributed by atoms with E-state index in [-0.39, 0.29) is 17.5 Å². The first-order chi connectivity index (χ1) is 15.8. The summed E-state index contributed by atoms with van der Waals surface area (Å²) in [6, 6.07) is 20.1. The van der Waals surface area contributed by atoms with E-state index in [2.05, 4.69) is 5.32 Å². The minimum atomic E-state index is -3.99. The first-order valence-electron chi connectivity index (χ1n) is 10.5. The number of rotatable bonds is 9. The molecular formula is C25H27ClN2O4S. The number of nitrogens with zero attached hydrogens (tertiary/aromatic N) is 1. The number of nitrogens with one attached hydrogen (secondary N) is 1. The average molecular weight is 487 g/mol. The number of aryl methyl sites for hydroxylation is 1. The predicted octanol–water partition coefficient (Wildman–Crippen LogP) is 5.12. The Balaban J connectivity index is 1.91. The molecule has 33 heavy (non-hydrogen) atoms. The van der Waals surface area contributed by atoms with Crippen molar-refractivity contribution >= 4 is 33.2 Å². The zero-order chi connectivity index (χ0) is 24.0. The number of anilines is 1. The summed E-state index contributed by atoms with van der Waals surface area (Å²) in [6.45, 7) is 3.35. The molecule has 0 aliphatic carbocycles. The molecule has 3 rings (SSSR count). The van der Waals surface area contributed by atoms with E-state index in [4.69, 9.17) is 16.3 Å². The summed E-state index contributed by atoms with van der Waals surface area (Å²) in [4.78, 5) is 13.2. The number of sulfonamides is 1. The van der Waals surface area contributed by atoms with Crippen molar-refractivity contribution < 1.29 is 17.9 Å². The zero-order valence-corrected chi connectivity index (χ0v) is 20.4. The van der Waals surface area contributed by atoms with E-state index >= 15 is 0 Å². The van der Waals surface area contributed by atoms with E-state index in [1.54, 1.807) is 50.4 Å². The highest BCUT2D eigenvalue weighted by atomic mass is 35.5. The third-order valence-corrected chi connectivity index (χ3v) is 7.32. The highest BCUT2D eigenvalue weighted by molar-refractivity contribution is 7.92. The van der Waals surface area contributed by atoms with Crippen molar-refractivity contribution in [3.63, 3.8) is 0 Å². The fourth-order valence-corrected chi connectivity index (χ4v) is 5.28. The van der Waals surface area contributed by atoms with E-state index in [0.29, 0.717) is 22.7 Å². The van der Waals surface area contributed by atoms with Gasteiger partial charge in [0.05, 0.1) is 23.7 Å². The number of ether oxygens (including phenoxy) is 1. The molecule has 0 unspecified atom stereocenters. The maximum atomic E-state index is 13.5. The summed E-state index contributed by atoms with van der Waals surface area (Å²) in [5.74, 6) is 0.310. The van der Waals surface area contributed by atoms with Gasteiger partial charge in [0.1, 0.15) is 12.3 Å². The number of benzene rings is 3. The van der Waals surface area contributed by atoms with Crippen LogP contribution in [0.1, 0.15) is 30.5 Å². The molecule has 0 saturated heterocycles. The van der Waals surface area contributed by atoms with Crippen LogP contribution in [0.2, 0.25) is 5.02 Å². The molecule has 1 amide bonds. The lowest BCUT2D eigenvalue weighted by atomic mass is 10.0. The van der Waals surface area contributed by atoms with Crippen LogP contribution in [-0.2, 0) is 14.8 Å². The summed E-state index contributed by atoms with van der Waals surface area (Å²) in [5.41, 5.74) is 1.96. The van der Waals surface area contributed by atoms with Gasteiger partial charge in [0, 0.05) is 5.02 Å². The molecule has 1 atom stereocenters. The van der Waals surface area contributed by atoms with Crippen LogP contribution in [0.5, 0.6) is 5.75 Å². The van der Waals surface area contributed by atoms with Crippen LogP contribution in [0, 0.1) is 6.92 Å². The van der Waals surface area contributed by atoms with Gasteiger partial charge in [-0.3, -0.25) is 9.10 Å². The third-order valence-electron chi connectivity index (χ3n) is 5.31. The molecule has 0 spiro atoms. The summed E-state index contributed by atoms with van der Waals surface area (Å²) < 4.78 is 33.3. The number of halogens is 1. The maximum absolute atomic E-state index is 13.5. The van der Waals surface area contributed by atoms with Gasteiger partial charge in [0.2, 0.25) is 5.91 Å². The number of carbonyl (C=O) groups excluding carboxylic acids is 1. The second-order valence-corrected chi connectivity index (χ2v) is 9.86. The molecular weight excluding hydrogens is 460 g/mol. The summed E-state index contributed by atoms with van der Waals surface area (Å²) in [6.07, 6.45) is 0.642. The van der Waals surface area contributed by atoms with Gasteiger partial charge in [-0.1, -0.05) is 48.9 Å². The van der Waals surface area contributed by atoms with Gasteiger partial charge in [-0.05, 0) is 66.9 Å². The van der Waals surface area contributed by atoms with Gasteiger partial charge < -0.3 is 10.1 Å². The van der Waals surface area contributed by atoms with Crippen molar-refractivity contribution in [2.24, 2.45) is 0 Å². The van der Waals surface area contributed by atoms with Gasteiger partial charge in [-0.25, -0.2) is 8.42 Å². The number of carbonyl (C=O) groups is 1.